The molecule has 9 heteroatoms. The third-order valence-electron chi connectivity index (χ3n) is 4.89. The first-order valence-electron chi connectivity index (χ1n) is 9.80. The summed E-state index contributed by atoms with van der Waals surface area (Å²) in [5.74, 6) is -0.342. The number of aromatic nitrogens is 4. The van der Waals surface area contributed by atoms with E-state index < -0.39 is 11.8 Å². The third kappa shape index (κ3) is 5.17. The number of nitrogens with one attached hydrogen (secondary N) is 1. The first-order valence-corrected chi connectivity index (χ1v) is 9.80. The maximum absolute atomic E-state index is 14.5. The standard InChI is InChI=1S/C21H27FN6O2/c1-14(2)27(13-18(22)21(3,4)30)12-17-16(6-5-8-23-17)26-20(29)15-10-24-19-7-9-25-28(19)11-15/h5-11,14,18,30H,12-13H2,1-4H3,(H,26,29). The zero-order valence-corrected chi connectivity index (χ0v) is 17.6. The van der Waals surface area contributed by atoms with E-state index in [1.807, 2.05) is 18.7 Å². The lowest BCUT2D eigenvalue weighted by atomic mass is 10.0. The molecular formula is C21H27FN6O2. The molecule has 3 heterocycles. The van der Waals surface area contributed by atoms with Crippen LogP contribution in [0.2, 0.25) is 0 Å². The van der Waals surface area contributed by atoms with E-state index in [-0.39, 0.29) is 18.5 Å². The van der Waals surface area contributed by atoms with Crippen molar-refractivity contribution in [2.75, 3.05) is 11.9 Å². The Morgan fingerprint density at radius 2 is 2.07 bits per heavy atom. The highest BCUT2D eigenvalue weighted by Gasteiger charge is 2.29. The van der Waals surface area contributed by atoms with Crippen molar-refractivity contribution in [3.63, 3.8) is 0 Å². The second-order valence-electron chi connectivity index (χ2n) is 8.07. The van der Waals surface area contributed by atoms with Gasteiger partial charge in [0.25, 0.3) is 5.91 Å². The molecule has 3 aromatic rings. The van der Waals surface area contributed by atoms with Gasteiger partial charge in [-0.3, -0.25) is 14.7 Å². The van der Waals surface area contributed by atoms with Gasteiger partial charge in [-0.1, -0.05) is 0 Å². The molecule has 0 saturated heterocycles. The van der Waals surface area contributed by atoms with Gasteiger partial charge in [0.2, 0.25) is 0 Å². The Bertz CT molecular complexity index is 1010. The predicted octanol–water partition coefficient (Wildman–Crippen LogP) is 2.70. The quantitative estimate of drug-likeness (QED) is 0.588. The molecule has 1 unspecified atom stereocenters. The molecule has 30 heavy (non-hydrogen) atoms. The lowest BCUT2D eigenvalue weighted by Crippen LogP contribution is -2.44. The van der Waals surface area contributed by atoms with Gasteiger partial charge in [0, 0.05) is 43.8 Å². The largest absolute Gasteiger partial charge is 0.387 e. The van der Waals surface area contributed by atoms with Gasteiger partial charge < -0.3 is 10.4 Å². The van der Waals surface area contributed by atoms with Crippen LogP contribution in [-0.2, 0) is 6.54 Å². The molecule has 160 valence electrons. The molecular weight excluding hydrogens is 387 g/mol. The molecule has 0 aromatic carbocycles. The predicted molar refractivity (Wildman–Crippen MR) is 112 cm³/mol. The maximum atomic E-state index is 14.5. The minimum atomic E-state index is -1.44. The van der Waals surface area contributed by atoms with E-state index in [9.17, 15) is 14.3 Å². The van der Waals surface area contributed by atoms with Gasteiger partial charge in [-0.2, -0.15) is 5.10 Å². The van der Waals surface area contributed by atoms with E-state index in [0.717, 1.165) is 0 Å². The Hall–Kier alpha value is -2.91. The van der Waals surface area contributed by atoms with Crippen LogP contribution in [-0.4, -0.2) is 59.9 Å². The van der Waals surface area contributed by atoms with Gasteiger partial charge in [-0.15, -0.1) is 0 Å². The van der Waals surface area contributed by atoms with Gasteiger partial charge in [0.15, 0.2) is 5.65 Å². The number of amides is 1. The topological polar surface area (TPSA) is 95.7 Å². The van der Waals surface area contributed by atoms with Crippen molar-refractivity contribution >= 4 is 17.2 Å². The highest BCUT2D eigenvalue weighted by Crippen LogP contribution is 2.20. The van der Waals surface area contributed by atoms with E-state index in [1.54, 1.807) is 36.8 Å². The molecule has 0 aliphatic carbocycles. The number of carbonyl (C=O) groups is 1. The Labute approximate surface area is 174 Å². The molecule has 3 rings (SSSR count). The second kappa shape index (κ2) is 8.85. The number of aliphatic hydroxyl groups is 1. The number of alkyl halides is 1. The number of anilines is 1. The van der Waals surface area contributed by atoms with Crippen molar-refractivity contribution in [3.8, 4) is 0 Å². The van der Waals surface area contributed by atoms with Crippen LogP contribution < -0.4 is 5.32 Å². The van der Waals surface area contributed by atoms with Gasteiger partial charge in [-0.25, -0.2) is 13.9 Å². The summed E-state index contributed by atoms with van der Waals surface area (Å²) in [4.78, 5) is 23.2. The number of nitrogens with zero attached hydrogens (tertiary/aromatic N) is 5. The maximum Gasteiger partial charge on any atom is 0.258 e. The van der Waals surface area contributed by atoms with E-state index in [0.29, 0.717) is 29.1 Å². The first kappa shape index (κ1) is 21.8. The lowest BCUT2D eigenvalue weighted by Gasteiger charge is -2.32. The van der Waals surface area contributed by atoms with Gasteiger partial charge in [0.1, 0.15) is 6.17 Å². The Morgan fingerprint density at radius 1 is 1.30 bits per heavy atom. The molecule has 0 aliphatic rings. The Kier molecular flexibility index (Phi) is 6.42. The number of hydrogen-bond donors (Lipinski definition) is 2. The molecule has 0 saturated carbocycles. The van der Waals surface area contributed by atoms with Crippen LogP contribution in [0.3, 0.4) is 0 Å². The van der Waals surface area contributed by atoms with Crippen LogP contribution in [0.4, 0.5) is 10.1 Å². The minimum absolute atomic E-state index is 0.0163. The van der Waals surface area contributed by atoms with Crippen LogP contribution in [0, 0.1) is 0 Å². The van der Waals surface area contributed by atoms with Gasteiger partial charge in [-0.05, 0) is 39.8 Å². The van der Waals surface area contributed by atoms with E-state index in [2.05, 4.69) is 20.4 Å². The van der Waals surface area contributed by atoms with Crippen molar-refractivity contribution in [1.29, 1.82) is 0 Å². The van der Waals surface area contributed by atoms with Crippen molar-refractivity contribution in [1.82, 2.24) is 24.5 Å². The molecule has 0 spiro atoms. The first-order chi connectivity index (χ1) is 14.1. The number of carbonyl (C=O) groups excluding carboxylic acids is 1. The Balaban J connectivity index is 1.78. The third-order valence-corrected chi connectivity index (χ3v) is 4.89. The zero-order valence-electron chi connectivity index (χ0n) is 17.6. The molecule has 8 nitrogen and oxygen atoms in total. The summed E-state index contributed by atoms with van der Waals surface area (Å²) in [6, 6.07) is 5.24. The number of rotatable bonds is 8. The lowest BCUT2D eigenvalue weighted by molar-refractivity contribution is -0.0238. The molecule has 0 aliphatic heterocycles. The fraction of sp³-hybridized carbons (Fsp3) is 0.429. The van der Waals surface area contributed by atoms with Crippen LogP contribution in [0.5, 0.6) is 0 Å². The summed E-state index contributed by atoms with van der Waals surface area (Å²) in [5, 5.41) is 16.9. The number of halogens is 1. The molecule has 0 radical (unpaired) electrons. The van der Waals surface area contributed by atoms with Crippen molar-refractivity contribution in [2.24, 2.45) is 0 Å². The van der Waals surface area contributed by atoms with Crippen molar-refractivity contribution in [2.45, 2.75) is 52.1 Å². The average molecular weight is 414 g/mol. The van der Waals surface area contributed by atoms with E-state index in [4.69, 9.17) is 0 Å². The highest BCUT2D eigenvalue weighted by molar-refractivity contribution is 6.04. The summed E-state index contributed by atoms with van der Waals surface area (Å²) in [6.07, 6.45) is 4.90. The van der Waals surface area contributed by atoms with E-state index in [1.165, 1.54) is 24.6 Å². The summed E-state index contributed by atoms with van der Waals surface area (Å²) in [6.45, 7) is 7.17. The van der Waals surface area contributed by atoms with E-state index >= 15 is 0 Å². The molecule has 0 bridgehead atoms. The summed E-state index contributed by atoms with van der Waals surface area (Å²) < 4.78 is 16.0. The van der Waals surface area contributed by atoms with Gasteiger partial charge >= 0.3 is 0 Å². The molecule has 1 atom stereocenters. The average Bonchev–Trinajstić information content (AvgIpc) is 3.15. The number of fused-ring (bicyclic) bond motifs is 1. The number of pyridine rings is 1. The summed E-state index contributed by atoms with van der Waals surface area (Å²) in [5.41, 5.74) is 0.705. The molecule has 0 fully saturated rings. The Morgan fingerprint density at radius 3 is 2.77 bits per heavy atom. The van der Waals surface area contributed by atoms with Crippen molar-refractivity contribution in [3.05, 3.63) is 54.2 Å². The normalized spacial score (nSPS) is 13.2. The SMILES string of the molecule is CC(C)N(Cc1ncccc1NC(=O)c1cnc2ccnn2c1)CC(F)C(C)(C)O. The summed E-state index contributed by atoms with van der Waals surface area (Å²) >= 11 is 0. The molecule has 2 N–H and O–H groups in total. The second-order valence-corrected chi connectivity index (χ2v) is 8.07. The summed E-state index contributed by atoms with van der Waals surface area (Å²) in [7, 11) is 0. The monoisotopic (exact) mass is 414 g/mol. The highest BCUT2D eigenvalue weighted by atomic mass is 19.1. The van der Waals surface area contributed by atoms with Crippen molar-refractivity contribution < 1.29 is 14.3 Å². The van der Waals surface area contributed by atoms with Crippen LogP contribution >= 0.6 is 0 Å². The number of hydrogen-bond acceptors (Lipinski definition) is 6. The molecule has 1 amide bonds. The van der Waals surface area contributed by atoms with Crippen LogP contribution in [0.1, 0.15) is 43.7 Å². The minimum Gasteiger partial charge on any atom is -0.387 e. The fourth-order valence-corrected chi connectivity index (χ4v) is 2.88. The zero-order chi connectivity index (χ0) is 21.9. The van der Waals surface area contributed by atoms with Crippen LogP contribution in [0.25, 0.3) is 5.65 Å². The van der Waals surface area contributed by atoms with Gasteiger partial charge in [0.05, 0.1) is 28.7 Å². The molecule has 3 aromatic heterocycles. The smallest absolute Gasteiger partial charge is 0.258 e. The fourth-order valence-electron chi connectivity index (χ4n) is 2.88. The van der Waals surface area contributed by atoms with Crippen LogP contribution in [0.15, 0.2) is 43.0 Å².